The van der Waals surface area contributed by atoms with Crippen LogP contribution in [-0.2, 0) is 4.74 Å². The van der Waals surface area contributed by atoms with E-state index in [-0.39, 0.29) is 6.04 Å². The molecule has 0 aliphatic carbocycles. The third kappa shape index (κ3) is 2.37. The Morgan fingerprint density at radius 1 is 1.25 bits per heavy atom. The highest BCUT2D eigenvalue weighted by molar-refractivity contribution is 6.66. The van der Waals surface area contributed by atoms with E-state index < -0.39 is 5.97 Å². The number of halogens is 1. The number of amidine groups is 2. The average molecular weight is 340 g/mol. The Labute approximate surface area is 144 Å². The smallest absolute Gasteiger partial charge is 0.337 e. The summed E-state index contributed by atoms with van der Waals surface area (Å²) < 4.78 is 4.75. The van der Waals surface area contributed by atoms with Gasteiger partial charge in [0, 0.05) is 5.56 Å². The summed E-state index contributed by atoms with van der Waals surface area (Å²) in [5, 5.41) is 0.363. The Morgan fingerprint density at radius 3 is 2.79 bits per heavy atom. The summed E-state index contributed by atoms with van der Waals surface area (Å²) in [7, 11) is 1.35. The van der Waals surface area contributed by atoms with Crippen molar-refractivity contribution in [2.24, 2.45) is 9.98 Å². The molecule has 2 aromatic carbocycles. The van der Waals surface area contributed by atoms with Crippen LogP contribution < -0.4 is 0 Å². The first kappa shape index (κ1) is 14.9. The van der Waals surface area contributed by atoms with Gasteiger partial charge in [-0.3, -0.25) is 9.89 Å². The van der Waals surface area contributed by atoms with Gasteiger partial charge in [0.05, 0.1) is 30.9 Å². The van der Waals surface area contributed by atoms with E-state index in [1.54, 1.807) is 12.1 Å². The van der Waals surface area contributed by atoms with Gasteiger partial charge in [-0.15, -0.1) is 0 Å². The lowest BCUT2D eigenvalue weighted by molar-refractivity contribution is 0.0601. The molecule has 0 saturated heterocycles. The summed E-state index contributed by atoms with van der Waals surface area (Å²) in [6.45, 7) is 0.653. The summed E-state index contributed by atoms with van der Waals surface area (Å²) in [5.74, 6) is 0.386. The number of hydrogen-bond donors (Lipinski definition) is 0. The van der Waals surface area contributed by atoms with Crippen molar-refractivity contribution < 1.29 is 9.53 Å². The van der Waals surface area contributed by atoms with E-state index in [0.717, 1.165) is 17.0 Å². The van der Waals surface area contributed by atoms with Crippen LogP contribution in [0.4, 0.5) is 5.69 Å². The van der Waals surface area contributed by atoms with Gasteiger partial charge in [-0.2, -0.15) is 0 Å². The van der Waals surface area contributed by atoms with Gasteiger partial charge in [0.1, 0.15) is 5.84 Å². The number of aliphatic imine (C=N–C) groups is 2. The maximum absolute atomic E-state index is 11.7. The number of fused-ring (bicyclic) bond motifs is 3. The quantitative estimate of drug-likeness (QED) is 0.621. The van der Waals surface area contributed by atoms with Crippen molar-refractivity contribution in [1.82, 2.24) is 4.90 Å². The largest absolute Gasteiger partial charge is 0.465 e. The fourth-order valence-corrected chi connectivity index (χ4v) is 3.21. The SMILES string of the molecule is COC(=O)c1ccc2c(c1)N=C(Cl)N1CC(c3ccccc3)N=C21. The van der Waals surface area contributed by atoms with Gasteiger partial charge in [0.2, 0.25) is 5.29 Å². The molecule has 2 heterocycles. The van der Waals surface area contributed by atoms with E-state index >= 15 is 0 Å². The Balaban J connectivity index is 1.77. The zero-order valence-corrected chi connectivity index (χ0v) is 13.7. The summed E-state index contributed by atoms with van der Waals surface area (Å²) in [4.78, 5) is 22.8. The standard InChI is InChI=1S/C18H14ClN3O2/c1-24-17(23)12-7-8-13-14(9-12)21-18(19)22-10-15(20-16(13)22)11-5-3-2-4-6-11/h2-9,15H,10H2,1H3. The number of esters is 1. The van der Waals surface area contributed by atoms with Crippen molar-refractivity contribution in [3.63, 3.8) is 0 Å². The van der Waals surface area contributed by atoms with Crippen molar-refractivity contribution >= 4 is 34.4 Å². The van der Waals surface area contributed by atoms with Gasteiger partial charge in [-0.1, -0.05) is 30.3 Å². The second-order valence-corrected chi connectivity index (χ2v) is 5.93. The van der Waals surface area contributed by atoms with Crippen LogP contribution in [0.3, 0.4) is 0 Å². The molecule has 0 saturated carbocycles. The predicted octanol–water partition coefficient (Wildman–Crippen LogP) is 3.52. The normalized spacial score (nSPS) is 18.4. The van der Waals surface area contributed by atoms with E-state index in [1.807, 2.05) is 29.2 Å². The highest BCUT2D eigenvalue weighted by atomic mass is 35.5. The molecule has 1 atom stereocenters. The highest BCUT2D eigenvalue weighted by Gasteiger charge is 2.34. The third-order valence-electron chi connectivity index (χ3n) is 4.17. The molecule has 2 aromatic rings. The van der Waals surface area contributed by atoms with Gasteiger partial charge in [-0.05, 0) is 35.4 Å². The van der Waals surface area contributed by atoms with E-state index in [0.29, 0.717) is 23.1 Å². The zero-order valence-electron chi connectivity index (χ0n) is 12.9. The Morgan fingerprint density at radius 2 is 2.04 bits per heavy atom. The number of benzene rings is 2. The van der Waals surface area contributed by atoms with Gasteiger partial charge >= 0.3 is 5.97 Å². The molecule has 0 amide bonds. The average Bonchev–Trinajstić information content (AvgIpc) is 3.07. The molecular formula is C18H14ClN3O2. The number of nitrogens with zero attached hydrogens (tertiary/aromatic N) is 3. The van der Waals surface area contributed by atoms with Crippen LogP contribution in [0.5, 0.6) is 0 Å². The summed E-state index contributed by atoms with van der Waals surface area (Å²) in [6, 6.07) is 15.3. The number of carbonyl (C=O) groups excluding carboxylic acids is 1. The first-order valence-corrected chi connectivity index (χ1v) is 7.92. The molecule has 0 fully saturated rings. The highest BCUT2D eigenvalue weighted by Crippen LogP contribution is 2.35. The van der Waals surface area contributed by atoms with Crippen LogP contribution >= 0.6 is 11.6 Å². The van der Waals surface area contributed by atoms with Gasteiger partial charge < -0.3 is 4.74 Å². The zero-order chi connectivity index (χ0) is 16.7. The van der Waals surface area contributed by atoms with Crippen LogP contribution in [0.25, 0.3) is 0 Å². The number of carbonyl (C=O) groups is 1. The Bertz CT molecular complexity index is 877. The molecule has 4 rings (SSSR count). The molecule has 1 unspecified atom stereocenters. The van der Waals surface area contributed by atoms with Crippen molar-refractivity contribution in [3.8, 4) is 0 Å². The first-order valence-electron chi connectivity index (χ1n) is 7.54. The van der Waals surface area contributed by atoms with Crippen LogP contribution in [-0.4, -0.2) is 35.7 Å². The molecule has 2 aliphatic heterocycles. The molecule has 6 heteroatoms. The molecule has 5 nitrogen and oxygen atoms in total. The maximum atomic E-state index is 11.7. The van der Waals surface area contributed by atoms with Crippen molar-refractivity contribution in [3.05, 3.63) is 65.2 Å². The van der Waals surface area contributed by atoms with Crippen LogP contribution in [0, 0.1) is 0 Å². The van der Waals surface area contributed by atoms with E-state index in [2.05, 4.69) is 17.1 Å². The minimum Gasteiger partial charge on any atom is -0.465 e. The van der Waals surface area contributed by atoms with Crippen LogP contribution in [0.15, 0.2) is 58.5 Å². The van der Waals surface area contributed by atoms with Crippen molar-refractivity contribution in [1.29, 1.82) is 0 Å². The lowest BCUT2D eigenvalue weighted by atomic mass is 10.1. The summed E-state index contributed by atoms with van der Waals surface area (Å²) in [5.41, 5.74) is 3.07. The van der Waals surface area contributed by atoms with Crippen molar-refractivity contribution in [2.75, 3.05) is 13.7 Å². The minimum absolute atomic E-state index is 0.0105. The molecule has 0 radical (unpaired) electrons. The monoisotopic (exact) mass is 339 g/mol. The maximum Gasteiger partial charge on any atom is 0.337 e. The molecule has 0 spiro atoms. The molecule has 0 bridgehead atoms. The second-order valence-electron chi connectivity index (χ2n) is 5.59. The summed E-state index contributed by atoms with van der Waals surface area (Å²) in [6.07, 6.45) is 0. The van der Waals surface area contributed by atoms with Gasteiger partial charge in [-0.25, -0.2) is 9.79 Å². The number of hydrogen-bond acceptors (Lipinski definition) is 5. The van der Waals surface area contributed by atoms with E-state index in [1.165, 1.54) is 7.11 Å². The molecule has 0 aromatic heterocycles. The molecule has 120 valence electrons. The topological polar surface area (TPSA) is 54.3 Å². The van der Waals surface area contributed by atoms with Gasteiger partial charge in [0.15, 0.2) is 0 Å². The first-order chi connectivity index (χ1) is 11.7. The van der Waals surface area contributed by atoms with Crippen LogP contribution in [0.1, 0.15) is 27.5 Å². The summed E-state index contributed by atoms with van der Waals surface area (Å²) >= 11 is 6.34. The minimum atomic E-state index is -0.401. The van der Waals surface area contributed by atoms with E-state index in [9.17, 15) is 4.79 Å². The fraction of sp³-hybridized carbons (Fsp3) is 0.167. The van der Waals surface area contributed by atoms with Crippen molar-refractivity contribution in [2.45, 2.75) is 6.04 Å². The van der Waals surface area contributed by atoms with E-state index in [4.69, 9.17) is 21.3 Å². The lowest BCUT2D eigenvalue weighted by Gasteiger charge is -2.24. The second kappa shape index (κ2) is 5.76. The molecular weight excluding hydrogens is 326 g/mol. The number of rotatable bonds is 2. The third-order valence-corrected chi connectivity index (χ3v) is 4.46. The Kier molecular flexibility index (Phi) is 3.58. The lowest BCUT2D eigenvalue weighted by Crippen LogP contribution is -2.34. The van der Waals surface area contributed by atoms with Crippen LogP contribution in [0.2, 0.25) is 0 Å². The fourth-order valence-electron chi connectivity index (χ4n) is 2.97. The van der Waals surface area contributed by atoms with Gasteiger partial charge in [0.25, 0.3) is 0 Å². The Hall–Kier alpha value is -2.66. The molecule has 24 heavy (non-hydrogen) atoms. The predicted molar refractivity (Wildman–Crippen MR) is 93.2 cm³/mol. The molecule has 2 aliphatic rings. The molecule has 0 N–H and O–H groups in total. The number of ether oxygens (including phenoxy) is 1. The number of methoxy groups -OCH3 is 1.